The Bertz CT molecular complexity index is 348. The van der Waals surface area contributed by atoms with E-state index >= 15 is 0 Å². The van der Waals surface area contributed by atoms with E-state index in [1.54, 1.807) is 12.2 Å². The summed E-state index contributed by atoms with van der Waals surface area (Å²) in [6, 6.07) is 0. The maximum absolute atomic E-state index is 11.6. The Labute approximate surface area is 97.4 Å². The van der Waals surface area contributed by atoms with Crippen LogP contribution in [0.3, 0.4) is 0 Å². The molecular weight excluding hydrogens is 200 g/mol. The molecule has 2 nitrogen and oxygen atoms in total. The van der Waals surface area contributed by atoms with Crippen molar-refractivity contribution in [3.8, 4) is 0 Å². The first kappa shape index (κ1) is 12.9. The summed E-state index contributed by atoms with van der Waals surface area (Å²) in [5, 5.41) is 10.1. The zero-order chi connectivity index (χ0) is 12.1. The van der Waals surface area contributed by atoms with E-state index in [0.29, 0.717) is 5.57 Å². The average molecular weight is 220 g/mol. The zero-order valence-electron chi connectivity index (χ0n) is 10.1. The Hall–Kier alpha value is -1.15. The largest absolute Gasteiger partial charge is 0.388 e. The third-order valence-electron chi connectivity index (χ3n) is 3.03. The lowest BCUT2D eigenvalue weighted by molar-refractivity contribution is -0.113. The van der Waals surface area contributed by atoms with Crippen LogP contribution in [0.15, 0.2) is 35.5 Å². The lowest BCUT2D eigenvalue weighted by Crippen LogP contribution is -2.16. The number of aliphatic hydroxyl groups is 1. The molecule has 1 aliphatic rings. The third kappa shape index (κ3) is 2.92. The Kier molecular flexibility index (Phi) is 4.69. The van der Waals surface area contributed by atoms with Gasteiger partial charge in [0.05, 0.1) is 6.10 Å². The predicted molar refractivity (Wildman–Crippen MR) is 66.1 cm³/mol. The Morgan fingerprint density at radius 3 is 2.75 bits per heavy atom. The van der Waals surface area contributed by atoms with Gasteiger partial charge in [0.1, 0.15) is 0 Å². The molecule has 0 aromatic rings. The number of Topliss-reactive ketones (excluding diaryl/α,β-unsaturated/α-hetero) is 1. The highest BCUT2D eigenvalue weighted by atomic mass is 16.3. The van der Waals surface area contributed by atoms with Crippen LogP contribution in [0, 0.1) is 0 Å². The second-order valence-electron chi connectivity index (χ2n) is 4.33. The first-order valence-electron chi connectivity index (χ1n) is 5.79. The van der Waals surface area contributed by atoms with Gasteiger partial charge in [0.15, 0.2) is 5.78 Å². The minimum Gasteiger partial charge on any atom is -0.388 e. The van der Waals surface area contributed by atoms with Gasteiger partial charge in [-0.15, -0.1) is 0 Å². The van der Waals surface area contributed by atoms with Crippen molar-refractivity contribution in [2.45, 2.75) is 45.6 Å². The quantitative estimate of drug-likeness (QED) is 0.586. The van der Waals surface area contributed by atoms with Crippen molar-refractivity contribution in [1.29, 1.82) is 0 Å². The van der Waals surface area contributed by atoms with Gasteiger partial charge in [-0.25, -0.2) is 0 Å². The molecule has 0 aromatic carbocycles. The van der Waals surface area contributed by atoms with Crippen LogP contribution in [0.1, 0.15) is 39.5 Å². The van der Waals surface area contributed by atoms with E-state index < -0.39 is 6.10 Å². The molecule has 2 heteroatoms. The van der Waals surface area contributed by atoms with Gasteiger partial charge in [-0.1, -0.05) is 30.7 Å². The van der Waals surface area contributed by atoms with Crippen LogP contribution in [0.4, 0.5) is 0 Å². The summed E-state index contributed by atoms with van der Waals surface area (Å²) < 4.78 is 0. The van der Waals surface area contributed by atoms with Crippen molar-refractivity contribution in [2.24, 2.45) is 0 Å². The predicted octanol–water partition coefficient (Wildman–Crippen LogP) is 2.94. The first-order valence-corrected chi connectivity index (χ1v) is 5.79. The van der Waals surface area contributed by atoms with Crippen LogP contribution >= 0.6 is 0 Å². The minimum atomic E-state index is -0.502. The van der Waals surface area contributed by atoms with Gasteiger partial charge in [0, 0.05) is 5.57 Å². The normalized spacial score (nSPS) is 22.9. The molecule has 1 aliphatic carbocycles. The molecule has 0 spiro atoms. The summed E-state index contributed by atoms with van der Waals surface area (Å²) in [7, 11) is 0. The molecule has 16 heavy (non-hydrogen) atoms. The highest BCUT2D eigenvalue weighted by Crippen LogP contribution is 2.29. The molecule has 1 rings (SSSR count). The number of rotatable bonds is 3. The highest BCUT2D eigenvalue weighted by molar-refractivity contribution is 5.98. The Morgan fingerprint density at radius 2 is 2.19 bits per heavy atom. The molecule has 88 valence electrons. The summed E-state index contributed by atoms with van der Waals surface area (Å²) in [4.78, 5) is 11.6. The van der Waals surface area contributed by atoms with Crippen LogP contribution in [0.5, 0.6) is 0 Å². The van der Waals surface area contributed by atoms with E-state index in [9.17, 15) is 9.90 Å². The molecule has 0 radical (unpaired) electrons. The van der Waals surface area contributed by atoms with Gasteiger partial charge in [0.25, 0.3) is 0 Å². The summed E-state index contributed by atoms with van der Waals surface area (Å²) in [5.41, 5.74) is 2.57. The number of carbonyl (C=O) groups is 1. The van der Waals surface area contributed by atoms with Gasteiger partial charge < -0.3 is 5.11 Å². The van der Waals surface area contributed by atoms with Crippen LogP contribution in [-0.2, 0) is 4.79 Å². The van der Waals surface area contributed by atoms with E-state index in [-0.39, 0.29) is 5.78 Å². The summed E-state index contributed by atoms with van der Waals surface area (Å²) in [5.74, 6) is -0.00444. The van der Waals surface area contributed by atoms with Crippen LogP contribution in [0.2, 0.25) is 0 Å². The summed E-state index contributed by atoms with van der Waals surface area (Å²) in [6.07, 6.45) is 6.62. The van der Waals surface area contributed by atoms with Gasteiger partial charge >= 0.3 is 0 Å². The van der Waals surface area contributed by atoms with E-state index in [1.165, 1.54) is 6.92 Å². The van der Waals surface area contributed by atoms with E-state index in [0.717, 1.165) is 36.8 Å². The van der Waals surface area contributed by atoms with E-state index in [2.05, 4.69) is 6.58 Å². The number of aliphatic hydroxyl groups excluding tert-OH is 1. The van der Waals surface area contributed by atoms with Crippen molar-refractivity contribution >= 4 is 5.78 Å². The first-order chi connectivity index (χ1) is 7.57. The second kappa shape index (κ2) is 5.80. The minimum absolute atomic E-state index is 0.00444. The van der Waals surface area contributed by atoms with Gasteiger partial charge in [-0.05, 0) is 38.7 Å². The van der Waals surface area contributed by atoms with Crippen LogP contribution < -0.4 is 0 Å². The van der Waals surface area contributed by atoms with E-state index in [4.69, 9.17) is 0 Å². The van der Waals surface area contributed by atoms with Crippen LogP contribution in [0.25, 0.3) is 0 Å². The van der Waals surface area contributed by atoms with Gasteiger partial charge in [-0.2, -0.15) is 0 Å². The molecule has 0 heterocycles. The van der Waals surface area contributed by atoms with Crippen molar-refractivity contribution in [3.63, 3.8) is 0 Å². The monoisotopic (exact) mass is 220 g/mol. The Balaban J connectivity index is 3.18. The fourth-order valence-corrected chi connectivity index (χ4v) is 2.22. The zero-order valence-corrected chi connectivity index (χ0v) is 10.1. The molecule has 0 saturated heterocycles. The smallest absolute Gasteiger partial charge is 0.160 e. The van der Waals surface area contributed by atoms with Crippen molar-refractivity contribution in [2.75, 3.05) is 0 Å². The van der Waals surface area contributed by atoms with Gasteiger partial charge in [0.2, 0.25) is 0 Å². The second-order valence-corrected chi connectivity index (χ2v) is 4.33. The summed E-state index contributed by atoms with van der Waals surface area (Å²) >= 11 is 0. The molecule has 1 N–H and O–H groups in total. The standard InChI is InChI=1S/C14H20O2/c1-4-7-12(11(3)15)14-10(2)8-5-6-9-13(14)16/h4,7,13,16H,1,5-6,8-9H2,2-3H3/b12-7-. The molecule has 0 bridgehead atoms. The molecule has 0 amide bonds. The van der Waals surface area contributed by atoms with Gasteiger partial charge in [-0.3, -0.25) is 4.79 Å². The highest BCUT2D eigenvalue weighted by Gasteiger charge is 2.22. The molecule has 0 aromatic heterocycles. The molecule has 0 aliphatic heterocycles. The van der Waals surface area contributed by atoms with E-state index in [1.807, 2.05) is 6.92 Å². The third-order valence-corrected chi connectivity index (χ3v) is 3.03. The molecule has 0 fully saturated rings. The SMILES string of the molecule is C=C/C=C(/C(C)=O)C1=C(C)CCCCC1O. The molecule has 1 atom stereocenters. The fourth-order valence-electron chi connectivity index (χ4n) is 2.22. The number of hydrogen-bond donors (Lipinski definition) is 1. The maximum atomic E-state index is 11.6. The Morgan fingerprint density at radius 1 is 1.50 bits per heavy atom. The lowest BCUT2D eigenvalue weighted by Gasteiger charge is -2.16. The fraction of sp³-hybridized carbons (Fsp3) is 0.500. The number of carbonyl (C=O) groups excluding carboxylic acids is 1. The number of allylic oxidation sites excluding steroid dienone is 3. The molecule has 0 saturated carbocycles. The molecule has 1 unspecified atom stereocenters. The number of hydrogen-bond acceptors (Lipinski definition) is 2. The maximum Gasteiger partial charge on any atom is 0.160 e. The number of ketones is 1. The lowest BCUT2D eigenvalue weighted by atomic mass is 9.92. The average Bonchev–Trinajstić information content (AvgIpc) is 2.37. The van der Waals surface area contributed by atoms with Crippen molar-refractivity contribution in [1.82, 2.24) is 0 Å². The van der Waals surface area contributed by atoms with Crippen LogP contribution in [-0.4, -0.2) is 17.0 Å². The van der Waals surface area contributed by atoms with Crippen molar-refractivity contribution in [3.05, 3.63) is 35.5 Å². The summed E-state index contributed by atoms with van der Waals surface area (Å²) in [6.45, 7) is 7.16. The van der Waals surface area contributed by atoms with Crippen molar-refractivity contribution < 1.29 is 9.90 Å². The topological polar surface area (TPSA) is 37.3 Å². The molecular formula is C14H20O2.